The fraction of sp³-hybridized carbons (Fsp3) is 0.643. The number of nitrogens with zero attached hydrogens (tertiary/aromatic N) is 2. The summed E-state index contributed by atoms with van der Waals surface area (Å²) in [4.78, 5) is 16.2. The Labute approximate surface area is 118 Å². The lowest BCUT2D eigenvalue weighted by Crippen LogP contribution is -2.50. The van der Waals surface area contributed by atoms with Crippen LogP contribution in [0.15, 0.2) is 16.8 Å². The zero-order valence-electron chi connectivity index (χ0n) is 11.4. The zero-order chi connectivity index (χ0) is 13.7. The molecule has 0 unspecified atom stereocenters. The summed E-state index contributed by atoms with van der Waals surface area (Å²) >= 11 is 1.68. The molecule has 1 aromatic rings. The van der Waals surface area contributed by atoms with Crippen LogP contribution < -0.4 is 0 Å². The first kappa shape index (κ1) is 14.5. The molecule has 1 fully saturated rings. The fourth-order valence-corrected chi connectivity index (χ4v) is 3.10. The molecular formula is C14H22N2O2S. The van der Waals surface area contributed by atoms with Gasteiger partial charge in [0, 0.05) is 39.1 Å². The van der Waals surface area contributed by atoms with Crippen LogP contribution in [0.5, 0.6) is 0 Å². The van der Waals surface area contributed by atoms with Gasteiger partial charge in [-0.05, 0) is 35.7 Å². The predicted octanol–water partition coefficient (Wildman–Crippen LogP) is 1.21. The van der Waals surface area contributed by atoms with Crippen LogP contribution >= 0.6 is 11.3 Å². The van der Waals surface area contributed by atoms with Crippen LogP contribution in [0.2, 0.25) is 0 Å². The van der Waals surface area contributed by atoms with Gasteiger partial charge in [-0.2, -0.15) is 11.3 Å². The van der Waals surface area contributed by atoms with Gasteiger partial charge in [0.2, 0.25) is 5.91 Å². The molecule has 1 atom stereocenters. The van der Waals surface area contributed by atoms with E-state index in [1.807, 2.05) is 4.90 Å². The Bertz CT molecular complexity index is 384. The van der Waals surface area contributed by atoms with E-state index >= 15 is 0 Å². The Morgan fingerprint density at radius 2 is 2.16 bits per heavy atom. The smallest absolute Gasteiger partial charge is 0.222 e. The number of β-amino-alcohol motifs (C(OH)–C–C–N with tert-alkyl or cyclic N) is 1. The monoisotopic (exact) mass is 282 g/mol. The van der Waals surface area contributed by atoms with E-state index in [4.69, 9.17) is 0 Å². The van der Waals surface area contributed by atoms with Crippen molar-refractivity contribution in [3.05, 3.63) is 22.4 Å². The van der Waals surface area contributed by atoms with Gasteiger partial charge in [0.1, 0.15) is 0 Å². The van der Waals surface area contributed by atoms with E-state index in [9.17, 15) is 9.90 Å². The Morgan fingerprint density at radius 1 is 1.42 bits per heavy atom. The number of thiophene rings is 1. The molecule has 0 aromatic carbocycles. The molecule has 2 heterocycles. The number of amides is 1. The van der Waals surface area contributed by atoms with Crippen molar-refractivity contribution in [2.45, 2.75) is 25.9 Å². The topological polar surface area (TPSA) is 43.8 Å². The number of carbonyl (C=O) groups is 1. The van der Waals surface area contributed by atoms with Gasteiger partial charge in [-0.1, -0.05) is 0 Å². The van der Waals surface area contributed by atoms with Crippen LogP contribution in [0, 0.1) is 0 Å². The van der Waals surface area contributed by atoms with Gasteiger partial charge in [-0.25, -0.2) is 0 Å². The second-order valence-corrected chi connectivity index (χ2v) is 5.94. The average Bonchev–Trinajstić information content (AvgIpc) is 2.89. The number of piperazine rings is 1. The second-order valence-electron chi connectivity index (χ2n) is 5.16. The lowest BCUT2D eigenvalue weighted by Gasteiger charge is -2.35. The lowest BCUT2D eigenvalue weighted by atomic mass is 10.1. The summed E-state index contributed by atoms with van der Waals surface area (Å²) in [5.74, 6) is 0.253. The molecule has 0 saturated carbocycles. The largest absolute Gasteiger partial charge is 0.392 e. The van der Waals surface area contributed by atoms with Crippen LogP contribution in [-0.2, 0) is 11.2 Å². The molecule has 0 bridgehead atoms. The Kier molecular flexibility index (Phi) is 5.36. The van der Waals surface area contributed by atoms with E-state index in [0.29, 0.717) is 13.0 Å². The van der Waals surface area contributed by atoms with E-state index in [1.165, 1.54) is 5.56 Å². The van der Waals surface area contributed by atoms with Crippen molar-refractivity contribution in [2.24, 2.45) is 0 Å². The summed E-state index contributed by atoms with van der Waals surface area (Å²) in [6, 6.07) is 2.08. The minimum atomic E-state index is -0.291. The molecule has 2 rings (SSSR count). The molecule has 4 nitrogen and oxygen atoms in total. The van der Waals surface area contributed by atoms with Crippen LogP contribution in [-0.4, -0.2) is 59.6 Å². The van der Waals surface area contributed by atoms with Gasteiger partial charge in [-0.3, -0.25) is 9.69 Å². The van der Waals surface area contributed by atoms with Crippen molar-refractivity contribution >= 4 is 17.2 Å². The molecule has 0 spiro atoms. The average molecular weight is 282 g/mol. The SMILES string of the molecule is C[C@@H](O)CN1CCN(C(=O)CCc2ccsc2)CC1. The van der Waals surface area contributed by atoms with Crippen molar-refractivity contribution < 1.29 is 9.90 Å². The fourth-order valence-electron chi connectivity index (χ4n) is 2.40. The van der Waals surface area contributed by atoms with Crippen LogP contribution in [0.25, 0.3) is 0 Å². The van der Waals surface area contributed by atoms with Crippen molar-refractivity contribution in [2.75, 3.05) is 32.7 Å². The quantitative estimate of drug-likeness (QED) is 0.883. The third-order valence-electron chi connectivity index (χ3n) is 3.46. The van der Waals surface area contributed by atoms with Gasteiger partial charge < -0.3 is 10.0 Å². The number of aliphatic hydroxyl groups excluding tert-OH is 1. The van der Waals surface area contributed by atoms with Gasteiger partial charge in [0.25, 0.3) is 0 Å². The molecule has 1 N–H and O–H groups in total. The normalized spacial score (nSPS) is 18.5. The molecule has 5 heteroatoms. The highest BCUT2D eigenvalue weighted by atomic mass is 32.1. The van der Waals surface area contributed by atoms with Crippen molar-refractivity contribution in [1.82, 2.24) is 9.80 Å². The Hall–Kier alpha value is -0.910. The van der Waals surface area contributed by atoms with E-state index in [2.05, 4.69) is 21.7 Å². The summed E-state index contributed by atoms with van der Waals surface area (Å²) in [7, 11) is 0. The van der Waals surface area contributed by atoms with Crippen molar-refractivity contribution in [3.8, 4) is 0 Å². The maximum absolute atomic E-state index is 12.1. The number of carbonyl (C=O) groups excluding carboxylic acids is 1. The molecule has 19 heavy (non-hydrogen) atoms. The molecular weight excluding hydrogens is 260 g/mol. The van der Waals surface area contributed by atoms with Gasteiger partial charge in [0.15, 0.2) is 0 Å². The second kappa shape index (κ2) is 7.03. The number of hydrogen-bond donors (Lipinski definition) is 1. The number of rotatable bonds is 5. The van der Waals surface area contributed by atoms with E-state index in [-0.39, 0.29) is 12.0 Å². The molecule has 0 aliphatic carbocycles. The number of hydrogen-bond acceptors (Lipinski definition) is 4. The molecule has 1 aliphatic rings. The van der Waals surface area contributed by atoms with Crippen LogP contribution in [0.1, 0.15) is 18.9 Å². The van der Waals surface area contributed by atoms with E-state index in [0.717, 1.165) is 32.6 Å². The first-order valence-corrected chi connectivity index (χ1v) is 7.78. The summed E-state index contributed by atoms with van der Waals surface area (Å²) in [6.45, 7) is 5.82. The highest BCUT2D eigenvalue weighted by Gasteiger charge is 2.21. The summed E-state index contributed by atoms with van der Waals surface area (Å²) in [5.41, 5.74) is 1.26. The molecule has 1 aromatic heterocycles. The summed E-state index contributed by atoms with van der Waals surface area (Å²) in [5, 5.41) is 13.5. The third kappa shape index (κ3) is 4.60. The van der Waals surface area contributed by atoms with E-state index in [1.54, 1.807) is 18.3 Å². The van der Waals surface area contributed by atoms with Gasteiger partial charge in [-0.15, -0.1) is 0 Å². The van der Waals surface area contributed by atoms with Crippen LogP contribution in [0.3, 0.4) is 0 Å². The molecule has 1 amide bonds. The Morgan fingerprint density at radius 3 is 2.74 bits per heavy atom. The zero-order valence-corrected chi connectivity index (χ0v) is 12.2. The first-order valence-electron chi connectivity index (χ1n) is 6.84. The van der Waals surface area contributed by atoms with Crippen LogP contribution in [0.4, 0.5) is 0 Å². The standard InChI is InChI=1S/C14H22N2O2S/c1-12(17)10-15-5-7-16(8-6-15)14(18)3-2-13-4-9-19-11-13/h4,9,11-12,17H,2-3,5-8,10H2,1H3/t12-/m1/s1. The maximum atomic E-state index is 12.1. The predicted molar refractivity (Wildman–Crippen MR) is 77.3 cm³/mol. The minimum absolute atomic E-state index is 0.253. The maximum Gasteiger partial charge on any atom is 0.222 e. The highest BCUT2D eigenvalue weighted by molar-refractivity contribution is 7.07. The third-order valence-corrected chi connectivity index (χ3v) is 4.19. The summed E-state index contributed by atoms with van der Waals surface area (Å²) in [6.07, 6.45) is 1.16. The molecule has 106 valence electrons. The molecule has 0 radical (unpaired) electrons. The van der Waals surface area contributed by atoms with Crippen molar-refractivity contribution in [1.29, 1.82) is 0 Å². The Balaban J connectivity index is 1.70. The van der Waals surface area contributed by atoms with E-state index < -0.39 is 0 Å². The lowest BCUT2D eigenvalue weighted by molar-refractivity contribution is -0.133. The minimum Gasteiger partial charge on any atom is -0.392 e. The molecule has 1 saturated heterocycles. The van der Waals surface area contributed by atoms with Gasteiger partial charge in [0.05, 0.1) is 6.10 Å². The number of aryl methyl sites for hydroxylation is 1. The van der Waals surface area contributed by atoms with Gasteiger partial charge >= 0.3 is 0 Å². The van der Waals surface area contributed by atoms with Crippen molar-refractivity contribution in [3.63, 3.8) is 0 Å². The number of aliphatic hydroxyl groups is 1. The highest BCUT2D eigenvalue weighted by Crippen LogP contribution is 2.11. The molecule has 1 aliphatic heterocycles. The first-order chi connectivity index (χ1) is 9.15. The summed E-state index contributed by atoms with van der Waals surface area (Å²) < 4.78 is 0.